The van der Waals surface area contributed by atoms with Crippen molar-refractivity contribution in [3.8, 4) is 0 Å². The maximum atomic E-state index is 12.4. The molecule has 0 spiro atoms. The number of hydrogen-bond acceptors (Lipinski definition) is 2. The van der Waals surface area contributed by atoms with E-state index in [0.717, 1.165) is 17.8 Å². The molecule has 1 amide bonds. The van der Waals surface area contributed by atoms with Crippen molar-refractivity contribution in [2.24, 2.45) is 17.8 Å². The van der Waals surface area contributed by atoms with Gasteiger partial charge in [-0.3, -0.25) is 9.48 Å². The van der Waals surface area contributed by atoms with Crippen LogP contribution in [0.1, 0.15) is 51.4 Å². The van der Waals surface area contributed by atoms with Gasteiger partial charge in [0.25, 0.3) is 0 Å². The molecule has 1 aromatic rings. The van der Waals surface area contributed by atoms with E-state index in [-0.39, 0.29) is 18.5 Å². The number of aryl methyl sites for hydroxylation is 1. The third-order valence-corrected chi connectivity index (χ3v) is 5.50. The van der Waals surface area contributed by atoms with Crippen LogP contribution in [-0.4, -0.2) is 21.7 Å². The van der Waals surface area contributed by atoms with Crippen molar-refractivity contribution >= 4 is 17.5 Å². The SMILES string of the molecule is Cc1nn(CC(=O)NC2CC(C)CCC2C(C)C)c(C)c1Cl. The molecule has 4 nitrogen and oxygen atoms in total. The Morgan fingerprint density at radius 2 is 2.09 bits per heavy atom. The minimum atomic E-state index is 0.0343. The zero-order valence-electron chi connectivity index (χ0n) is 14.3. The molecule has 1 heterocycles. The molecule has 0 aromatic carbocycles. The van der Waals surface area contributed by atoms with Crippen LogP contribution < -0.4 is 5.32 Å². The first-order valence-electron chi connectivity index (χ1n) is 8.28. The van der Waals surface area contributed by atoms with Crippen molar-refractivity contribution < 1.29 is 4.79 Å². The first-order chi connectivity index (χ1) is 10.3. The summed E-state index contributed by atoms with van der Waals surface area (Å²) in [6.45, 7) is 10.8. The molecule has 1 fully saturated rings. The van der Waals surface area contributed by atoms with Gasteiger partial charge in [-0.05, 0) is 44.4 Å². The Labute approximate surface area is 138 Å². The average molecular weight is 326 g/mol. The lowest BCUT2D eigenvalue weighted by molar-refractivity contribution is -0.123. The Balaban J connectivity index is 2.01. The molecule has 1 saturated carbocycles. The van der Waals surface area contributed by atoms with Crippen LogP contribution >= 0.6 is 11.6 Å². The molecule has 3 atom stereocenters. The lowest BCUT2D eigenvalue weighted by atomic mass is 9.74. The largest absolute Gasteiger partial charge is 0.351 e. The van der Waals surface area contributed by atoms with E-state index >= 15 is 0 Å². The number of aromatic nitrogens is 2. The molecule has 5 heteroatoms. The second kappa shape index (κ2) is 7.03. The number of rotatable bonds is 4. The van der Waals surface area contributed by atoms with E-state index in [1.807, 2.05) is 13.8 Å². The summed E-state index contributed by atoms with van der Waals surface area (Å²) in [4.78, 5) is 12.4. The highest BCUT2D eigenvalue weighted by molar-refractivity contribution is 6.31. The number of nitrogens with zero attached hydrogens (tertiary/aromatic N) is 2. The third kappa shape index (κ3) is 3.83. The van der Waals surface area contributed by atoms with E-state index in [1.54, 1.807) is 4.68 Å². The topological polar surface area (TPSA) is 46.9 Å². The van der Waals surface area contributed by atoms with Crippen LogP contribution in [-0.2, 0) is 11.3 Å². The molecule has 1 aliphatic carbocycles. The van der Waals surface area contributed by atoms with Gasteiger partial charge in [0.15, 0.2) is 0 Å². The zero-order valence-corrected chi connectivity index (χ0v) is 15.1. The van der Waals surface area contributed by atoms with Crippen LogP contribution in [0.5, 0.6) is 0 Å². The van der Waals surface area contributed by atoms with Crippen molar-refractivity contribution in [3.63, 3.8) is 0 Å². The van der Waals surface area contributed by atoms with Gasteiger partial charge in [-0.1, -0.05) is 38.8 Å². The van der Waals surface area contributed by atoms with Crippen molar-refractivity contribution in [2.75, 3.05) is 0 Å². The number of halogens is 1. The molecule has 1 N–H and O–H groups in total. The van der Waals surface area contributed by atoms with E-state index in [1.165, 1.54) is 12.8 Å². The van der Waals surface area contributed by atoms with Gasteiger partial charge >= 0.3 is 0 Å². The second-order valence-corrected chi connectivity index (χ2v) is 7.52. The monoisotopic (exact) mass is 325 g/mol. The molecule has 0 radical (unpaired) electrons. The minimum absolute atomic E-state index is 0.0343. The van der Waals surface area contributed by atoms with Crippen molar-refractivity contribution in [3.05, 3.63) is 16.4 Å². The summed E-state index contributed by atoms with van der Waals surface area (Å²) in [5, 5.41) is 8.23. The number of amides is 1. The molecule has 0 saturated heterocycles. The van der Waals surface area contributed by atoms with Gasteiger partial charge < -0.3 is 5.32 Å². The molecule has 22 heavy (non-hydrogen) atoms. The lowest BCUT2D eigenvalue weighted by Crippen LogP contribution is -2.46. The van der Waals surface area contributed by atoms with Crippen molar-refractivity contribution in [1.82, 2.24) is 15.1 Å². The number of nitrogens with one attached hydrogen (secondary N) is 1. The maximum Gasteiger partial charge on any atom is 0.241 e. The van der Waals surface area contributed by atoms with Gasteiger partial charge in [0.2, 0.25) is 5.91 Å². The first-order valence-corrected chi connectivity index (χ1v) is 8.66. The second-order valence-electron chi connectivity index (χ2n) is 7.14. The van der Waals surface area contributed by atoms with E-state index in [0.29, 0.717) is 22.8 Å². The molecular formula is C17H28ClN3O. The molecular weight excluding hydrogens is 298 g/mol. The van der Waals surface area contributed by atoms with Gasteiger partial charge in [0, 0.05) is 6.04 Å². The molecule has 3 unspecified atom stereocenters. The van der Waals surface area contributed by atoms with Gasteiger partial charge in [0.05, 0.1) is 16.4 Å². The minimum Gasteiger partial charge on any atom is -0.351 e. The Hall–Kier alpha value is -1.03. The number of carbonyl (C=O) groups is 1. The van der Waals surface area contributed by atoms with Crippen LogP contribution in [0.4, 0.5) is 0 Å². The predicted molar refractivity (Wildman–Crippen MR) is 90.0 cm³/mol. The summed E-state index contributed by atoms with van der Waals surface area (Å²) < 4.78 is 1.70. The van der Waals surface area contributed by atoms with E-state index in [9.17, 15) is 4.79 Å². The van der Waals surface area contributed by atoms with E-state index in [4.69, 9.17) is 11.6 Å². The summed E-state index contributed by atoms with van der Waals surface area (Å²) in [5.74, 6) is 1.89. The predicted octanol–water partition coefficient (Wildman–Crippen LogP) is 3.73. The summed E-state index contributed by atoms with van der Waals surface area (Å²) in [6.07, 6.45) is 3.55. The molecule has 0 bridgehead atoms. The molecule has 0 aliphatic heterocycles. The van der Waals surface area contributed by atoms with Gasteiger partial charge in [-0.2, -0.15) is 5.10 Å². The smallest absolute Gasteiger partial charge is 0.241 e. The summed E-state index contributed by atoms with van der Waals surface area (Å²) >= 11 is 6.14. The van der Waals surface area contributed by atoms with Crippen molar-refractivity contribution in [1.29, 1.82) is 0 Å². The van der Waals surface area contributed by atoms with Crippen LogP contribution in [0.15, 0.2) is 0 Å². The van der Waals surface area contributed by atoms with Crippen molar-refractivity contribution in [2.45, 2.75) is 66.5 Å². The number of carbonyl (C=O) groups excluding carboxylic acids is 1. The number of hydrogen-bond donors (Lipinski definition) is 1. The Morgan fingerprint density at radius 1 is 1.41 bits per heavy atom. The average Bonchev–Trinajstić information content (AvgIpc) is 2.66. The van der Waals surface area contributed by atoms with Crippen LogP contribution in [0.2, 0.25) is 5.02 Å². The molecule has 124 valence electrons. The Bertz CT molecular complexity index is 538. The Morgan fingerprint density at radius 3 is 2.64 bits per heavy atom. The maximum absolute atomic E-state index is 12.4. The fourth-order valence-corrected chi connectivity index (χ4v) is 3.72. The standard InChI is InChI=1S/C17H28ClN3O/c1-10(2)14-7-6-11(3)8-15(14)19-16(22)9-21-13(5)17(18)12(4)20-21/h10-11,14-15H,6-9H2,1-5H3,(H,19,22). The lowest BCUT2D eigenvalue weighted by Gasteiger charge is -2.37. The van der Waals surface area contributed by atoms with E-state index in [2.05, 4.69) is 31.2 Å². The molecule has 2 rings (SSSR count). The summed E-state index contributed by atoms with van der Waals surface area (Å²) in [6, 6.07) is 0.281. The van der Waals surface area contributed by atoms with Crippen LogP contribution in [0.3, 0.4) is 0 Å². The van der Waals surface area contributed by atoms with E-state index < -0.39 is 0 Å². The fourth-order valence-electron chi connectivity index (χ4n) is 3.59. The fraction of sp³-hybridized carbons (Fsp3) is 0.765. The quantitative estimate of drug-likeness (QED) is 0.916. The van der Waals surface area contributed by atoms with Gasteiger partial charge in [0.1, 0.15) is 6.54 Å². The first kappa shape index (κ1) is 17.3. The molecule has 1 aliphatic rings. The van der Waals surface area contributed by atoms with Crippen LogP contribution in [0, 0.1) is 31.6 Å². The zero-order chi connectivity index (χ0) is 16.4. The normalized spacial score (nSPS) is 25.5. The third-order valence-electron chi connectivity index (χ3n) is 4.96. The summed E-state index contributed by atoms with van der Waals surface area (Å²) in [5.41, 5.74) is 1.63. The summed E-state index contributed by atoms with van der Waals surface area (Å²) in [7, 11) is 0. The highest BCUT2D eigenvalue weighted by Crippen LogP contribution is 2.33. The Kier molecular flexibility index (Phi) is 5.54. The highest BCUT2D eigenvalue weighted by atomic mass is 35.5. The van der Waals surface area contributed by atoms with Gasteiger partial charge in [-0.15, -0.1) is 0 Å². The van der Waals surface area contributed by atoms with Gasteiger partial charge in [-0.25, -0.2) is 0 Å². The highest BCUT2D eigenvalue weighted by Gasteiger charge is 2.31. The molecule has 1 aromatic heterocycles. The van der Waals surface area contributed by atoms with Crippen LogP contribution in [0.25, 0.3) is 0 Å².